The van der Waals surface area contributed by atoms with E-state index in [1.807, 2.05) is 0 Å². The van der Waals surface area contributed by atoms with Gasteiger partial charge in [0.05, 0.1) is 10.7 Å². The minimum atomic E-state index is -3.99. The summed E-state index contributed by atoms with van der Waals surface area (Å²) in [6.45, 7) is 2.16. The van der Waals surface area contributed by atoms with E-state index in [9.17, 15) is 18.4 Å². The van der Waals surface area contributed by atoms with Gasteiger partial charge in [-0.15, -0.1) is 8.78 Å². The number of hydrogen-bond acceptors (Lipinski definition) is 6. The molecule has 2 fully saturated rings. The molecule has 5 rings (SSSR count). The van der Waals surface area contributed by atoms with E-state index in [1.165, 1.54) is 17.1 Å². The maximum Gasteiger partial charge on any atom is 0.586 e. The molecule has 2 heterocycles. The molecule has 0 saturated heterocycles. The fourth-order valence-corrected chi connectivity index (χ4v) is 5.10. The second-order valence-corrected chi connectivity index (χ2v) is 11.2. The van der Waals surface area contributed by atoms with E-state index in [2.05, 4.69) is 46.1 Å². The number of aliphatic imine (C=N–C) groups is 1. The minimum Gasteiger partial charge on any atom is -0.395 e. The summed E-state index contributed by atoms with van der Waals surface area (Å²) in [6.07, 6.45) is 3.30. The van der Waals surface area contributed by atoms with Gasteiger partial charge in [0.15, 0.2) is 11.5 Å². The van der Waals surface area contributed by atoms with Gasteiger partial charge in [0.2, 0.25) is 0 Å². The van der Waals surface area contributed by atoms with Crippen LogP contribution in [0.3, 0.4) is 0 Å². The number of carbonyl (C=O) groups excluding carboxylic acids is 2. The van der Waals surface area contributed by atoms with Gasteiger partial charge in [-0.25, -0.2) is 4.68 Å². The quantitative estimate of drug-likeness (QED) is 0.202. The van der Waals surface area contributed by atoms with Crippen molar-refractivity contribution in [3.8, 4) is 11.5 Å². The summed E-state index contributed by atoms with van der Waals surface area (Å²) in [5.41, 5.74) is -0.866. The first-order valence-corrected chi connectivity index (χ1v) is 13.4. The number of rotatable bonds is 9. The molecule has 3 aliphatic rings. The molecule has 0 spiro atoms. The van der Waals surface area contributed by atoms with Crippen molar-refractivity contribution >= 4 is 63.0 Å². The lowest BCUT2D eigenvalue weighted by Crippen LogP contribution is -2.39. The average Bonchev–Trinajstić information content (AvgIpc) is 3.74. The molecule has 1 aromatic heterocycles. The maximum atomic E-state index is 14.0. The second-order valence-electron chi connectivity index (χ2n) is 9.34. The van der Waals surface area contributed by atoms with Gasteiger partial charge in [-0.2, -0.15) is 5.10 Å². The van der Waals surface area contributed by atoms with Crippen molar-refractivity contribution in [3.63, 3.8) is 0 Å². The monoisotopic (exact) mass is 631 g/mol. The Morgan fingerprint density at radius 1 is 1.29 bits per heavy atom. The van der Waals surface area contributed by atoms with Crippen LogP contribution in [0, 0.1) is 5.92 Å². The zero-order chi connectivity index (χ0) is 27.2. The molecular formula is C24H22BrCl2F2N5O4. The number of nitrogens with zero attached hydrogens (tertiary/aromatic N) is 3. The lowest BCUT2D eigenvalue weighted by atomic mass is 10.1. The fraction of sp³-hybridized carbons (Fsp3) is 0.417. The lowest BCUT2D eigenvalue weighted by molar-refractivity contribution is -0.286. The van der Waals surface area contributed by atoms with Gasteiger partial charge in [-0.1, -0.05) is 29.3 Å². The molecule has 38 heavy (non-hydrogen) atoms. The number of fused-ring (bicyclic) bond motifs is 1. The van der Waals surface area contributed by atoms with Crippen molar-refractivity contribution < 1.29 is 27.8 Å². The Kier molecular flexibility index (Phi) is 7.16. The number of anilines is 1. The van der Waals surface area contributed by atoms with Gasteiger partial charge in [0.1, 0.15) is 22.2 Å². The number of aromatic nitrogens is 2. The first-order chi connectivity index (χ1) is 18.0. The number of ether oxygens (including phenoxy) is 2. The van der Waals surface area contributed by atoms with Crippen LogP contribution in [0.2, 0.25) is 5.02 Å². The molecule has 0 unspecified atom stereocenters. The van der Waals surface area contributed by atoms with Crippen molar-refractivity contribution in [1.29, 1.82) is 0 Å². The number of allylic oxidation sites excluding steroid dienone is 1. The summed E-state index contributed by atoms with van der Waals surface area (Å²) in [7, 11) is 0. The van der Waals surface area contributed by atoms with Gasteiger partial charge in [-0.05, 0) is 60.9 Å². The second kappa shape index (κ2) is 10.1. The van der Waals surface area contributed by atoms with E-state index in [1.54, 1.807) is 13.0 Å². The first kappa shape index (κ1) is 26.9. The van der Waals surface area contributed by atoms with E-state index < -0.39 is 29.6 Å². The first-order valence-electron chi connectivity index (χ1n) is 11.8. The number of benzene rings is 1. The Morgan fingerprint density at radius 2 is 2.03 bits per heavy atom. The fourth-order valence-electron chi connectivity index (χ4n) is 4.36. The lowest BCUT2D eigenvalue weighted by Gasteiger charge is -2.20. The van der Waals surface area contributed by atoms with Crippen LogP contribution in [0.15, 0.2) is 32.8 Å². The molecule has 0 radical (unpaired) electrons. The number of carbonyl (C=O) groups is 2. The van der Waals surface area contributed by atoms with Gasteiger partial charge in [0, 0.05) is 29.2 Å². The molecule has 2 N–H and O–H groups in total. The molecule has 1 aliphatic heterocycles. The highest BCUT2D eigenvalue weighted by Gasteiger charge is 2.55. The average molecular weight is 633 g/mol. The summed E-state index contributed by atoms with van der Waals surface area (Å²) < 4.78 is 38.8. The van der Waals surface area contributed by atoms with Gasteiger partial charge >= 0.3 is 6.29 Å². The number of hydrogen-bond donors (Lipinski definition) is 2. The number of nitrogens with one attached hydrogen (secondary N) is 2. The van der Waals surface area contributed by atoms with Crippen LogP contribution in [-0.2, 0) is 0 Å². The summed E-state index contributed by atoms with van der Waals surface area (Å²) >= 11 is 15.4. The van der Waals surface area contributed by atoms with E-state index in [0.29, 0.717) is 28.5 Å². The summed E-state index contributed by atoms with van der Waals surface area (Å²) in [6, 6.07) is 2.50. The standard InChI is InChI=1S/C24H22BrCl2F2N5O4/c1-12(26)3-2-8-30-11-34-15(10-17(25)33-34)21(35)31-19-14(27)9-16-20(38-24(28,29)37-16)18(19)22(36)32-23(6-7-23)13-4-5-13/h3,9-11,13H,2,4-8H2,1H3,(H,31,35)(H,32,36)/b12-3+,30-11?. The van der Waals surface area contributed by atoms with Gasteiger partial charge in [0.25, 0.3) is 11.8 Å². The van der Waals surface area contributed by atoms with Gasteiger partial charge in [-0.3, -0.25) is 14.6 Å². The van der Waals surface area contributed by atoms with Crippen LogP contribution in [0.4, 0.5) is 14.5 Å². The highest BCUT2D eigenvalue weighted by molar-refractivity contribution is 9.10. The maximum absolute atomic E-state index is 14.0. The smallest absolute Gasteiger partial charge is 0.395 e. The van der Waals surface area contributed by atoms with E-state index >= 15 is 0 Å². The number of amides is 2. The van der Waals surface area contributed by atoms with Crippen LogP contribution < -0.4 is 20.1 Å². The third-order valence-electron chi connectivity index (χ3n) is 6.44. The molecule has 202 valence electrons. The Hall–Kier alpha value is -2.70. The Labute approximate surface area is 234 Å². The molecule has 9 nitrogen and oxygen atoms in total. The highest BCUT2D eigenvalue weighted by atomic mass is 79.9. The Morgan fingerprint density at radius 3 is 2.68 bits per heavy atom. The molecule has 1 aromatic carbocycles. The van der Waals surface area contributed by atoms with Gasteiger partial charge < -0.3 is 20.1 Å². The molecule has 0 atom stereocenters. The molecule has 2 amide bonds. The predicted molar refractivity (Wildman–Crippen MR) is 141 cm³/mol. The topological polar surface area (TPSA) is 107 Å². The summed E-state index contributed by atoms with van der Waals surface area (Å²) in [5.74, 6) is -1.97. The van der Waals surface area contributed by atoms with Crippen molar-refractivity contribution in [2.75, 3.05) is 11.9 Å². The van der Waals surface area contributed by atoms with Crippen molar-refractivity contribution in [2.24, 2.45) is 10.9 Å². The molecule has 14 heteroatoms. The minimum absolute atomic E-state index is 0.0479. The molecule has 2 aromatic rings. The molecule has 0 bridgehead atoms. The normalized spacial score (nSPS) is 19.1. The zero-order valence-electron chi connectivity index (χ0n) is 20.0. The largest absolute Gasteiger partial charge is 0.586 e. The summed E-state index contributed by atoms with van der Waals surface area (Å²) in [4.78, 5) is 31.0. The molecule has 2 saturated carbocycles. The van der Waals surface area contributed by atoms with Crippen molar-refractivity contribution in [2.45, 2.75) is 50.9 Å². The third kappa shape index (κ3) is 5.67. The van der Waals surface area contributed by atoms with Crippen LogP contribution in [0.25, 0.3) is 0 Å². The van der Waals surface area contributed by atoms with Crippen LogP contribution in [0.1, 0.15) is 59.9 Å². The van der Waals surface area contributed by atoms with Crippen molar-refractivity contribution in [1.82, 2.24) is 15.1 Å². The highest BCUT2D eigenvalue weighted by Crippen LogP contribution is 2.55. The molecule has 2 aliphatic carbocycles. The predicted octanol–water partition coefficient (Wildman–Crippen LogP) is 5.95. The summed E-state index contributed by atoms with van der Waals surface area (Å²) in [5, 5.41) is 10.2. The number of alkyl halides is 2. The van der Waals surface area contributed by atoms with Crippen LogP contribution >= 0.6 is 39.1 Å². The molecular weight excluding hydrogens is 611 g/mol. The Bertz CT molecular complexity index is 1370. The van der Waals surface area contributed by atoms with Crippen LogP contribution in [0.5, 0.6) is 11.5 Å². The zero-order valence-corrected chi connectivity index (χ0v) is 23.1. The SMILES string of the molecule is C/C(Cl)=C\CCN=Cn1nc(Br)cc1C(=O)Nc1c(Cl)cc2c(c1C(=O)NC1(C3CC3)CC1)OC(F)(F)O2. The third-order valence-corrected chi connectivity index (χ3v) is 7.28. The van der Waals surface area contributed by atoms with E-state index in [0.717, 1.165) is 31.7 Å². The van der Waals surface area contributed by atoms with Crippen LogP contribution in [-0.4, -0.2) is 46.3 Å². The van der Waals surface area contributed by atoms with E-state index in [4.69, 9.17) is 23.2 Å². The van der Waals surface area contributed by atoms with Crippen molar-refractivity contribution in [3.05, 3.63) is 44.1 Å². The Balaban J connectivity index is 1.44. The van der Waals surface area contributed by atoms with E-state index in [-0.39, 0.29) is 27.5 Å². The number of halogens is 5.